The SMILES string of the molecule is C.C.C.C.C.CC(=O)NC1CSSCC(C(N)=O)NC(=O)CNC(=O)CNC(=O)C(C)NC(=O)C(CC(C)C)NC(=O)C(CC(=O)O)NC(=O)C(CC(C)C)NC(=O)C(CCC(N)=O)NC(=O)CNC1=O. The lowest BCUT2D eigenvalue weighted by molar-refractivity contribution is -0.141. The molecule has 28 heteroatoms. The van der Waals surface area contributed by atoms with E-state index in [9.17, 15) is 67.4 Å². The Morgan fingerprint density at radius 1 is 0.592 bits per heavy atom. The normalized spacial score (nSPS) is 23.0. The molecule has 1 heterocycles. The third kappa shape index (κ3) is 30.9. The number of carbonyl (C=O) groups is 13. The van der Waals surface area contributed by atoms with Crippen LogP contribution >= 0.6 is 21.6 Å². The van der Waals surface area contributed by atoms with Gasteiger partial charge in [-0.15, -0.1) is 0 Å². The first kappa shape index (κ1) is 73.8. The van der Waals surface area contributed by atoms with Crippen LogP contribution in [0.2, 0.25) is 0 Å². The van der Waals surface area contributed by atoms with E-state index in [1.165, 1.54) is 6.92 Å². The summed E-state index contributed by atoms with van der Waals surface area (Å²) >= 11 is 0. The van der Waals surface area contributed by atoms with E-state index < -0.39 is 152 Å². The van der Waals surface area contributed by atoms with E-state index in [0.29, 0.717) is 0 Å². The van der Waals surface area contributed by atoms with E-state index >= 15 is 0 Å². The van der Waals surface area contributed by atoms with Crippen molar-refractivity contribution in [1.82, 2.24) is 53.2 Å². The number of rotatable bonds is 11. The van der Waals surface area contributed by atoms with Crippen LogP contribution in [0, 0.1) is 11.8 Å². The van der Waals surface area contributed by atoms with Crippen molar-refractivity contribution >= 4 is 98.4 Å². The Bertz CT molecular complexity index is 1820. The van der Waals surface area contributed by atoms with Crippen molar-refractivity contribution in [3.05, 3.63) is 0 Å². The van der Waals surface area contributed by atoms with Gasteiger partial charge in [-0.1, -0.05) is 86.4 Å². The predicted molar refractivity (Wildman–Crippen MR) is 271 cm³/mol. The number of hydrogen-bond acceptors (Lipinski definition) is 15. The topological polar surface area (TPSA) is 414 Å². The zero-order chi connectivity index (χ0) is 50.3. The molecule has 1 saturated heterocycles. The lowest BCUT2D eigenvalue weighted by atomic mass is 10.0. The largest absolute Gasteiger partial charge is 0.481 e. The minimum Gasteiger partial charge on any atom is -0.481 e. The molecule has 1 aliphatic heterocycles. The number of nitrogens with two attached hydrogens (primary N) is 2. The highest BCUT2D eigenvalue weighted by atomic mass is 33.1. The van der Waals surface area contributed by atoms with Gasteiger partial charge in [0.1, 0.15) is 42.3 Å². The van der Waals surface area contributed by atoms with Crippen LogP contribution in [-0.4, -0.2) is 155 Å². The summed E-state index contributed by atoms with van der Waals surface area (Å²) in [6.45, 7) is 7.15. The van der Waals surface area contributed by atoms with E-state index in [0.717, 1.165) is 28.5 Å². The number of carbonyl (C=O) groups excluding carboxylic acids is 12. The fourth-order valence-corrected chi connectivity index (χ4v) is 8.08. The van der Waals surface area contributed by atoms with Crippen LogP contribution in [0.5, 0.6) is 0 Å². The molecule has 0 aromatic rings. The smallest absolute Gasteiger partial charge is 0.305 e. The molecule has 12 amide bonds. The standard InChI is InChI=1S/C38H62N12O14S2.5CH4/c1-17(2)9-22-36(62)44-19(5)33(59)42-12-28(53)41-13-29(54)47-25(32(40)58)15-65-66-16-26(45-20(6)51)34(60)43-14-30(55)46-21(7-8-27(39)52)35(61)48-23(10-18(3)4)37(63)50-24(11-31(56)57)38(64)49-22;;;;;/h17-19,21-26H,7-16H2,1-6H3,(H2,39,52)(H2,40,58)(H,41,53)(H,42,59)(H,43,60)(H,44,62)(H,45,51)(H,46,55)(H,47,54)(H,48,61)(H,49,64)(H,50,63)(H,56,57);5*1H4. The molecule has 0 spiro atoms. The highest BCUT2D eigenvalue weighted by Gasteiger charge is 2.34. The summed E-state index contributed by atoms with van der Waals surface area (Å²) in [7, 11) is 1.97. The molecule has 71 heavy (non-hydrogen) atoms. The maximum absolute atomic E-state index is 13.8. The Morgan fingerprint density at radius 3 is 1.52 bits per heavy atom. The minimum atomic E-state index is -1.81. The van der Waals surface area contributed by atoms with E-state index in [1.807, 2.05) is 0 Å². The molecule has 15 N–H and O–H groups in total. The average molecular weight is 1060 g/mol. The molecule has 0 saturated carbocycles. The molecule has 0 aromatic heterocycles. The minimum absolute atomic E-state index is 0. The first-order valence-corrected chi connectivity index (χ1v) is 23.2. The van der Waals surface area contributed by atoms with Crippen LogP contribution < -0.4 is 64.6 Å². The summed E-state index contributed by atoms with van der Waals surface area (Å²) in [5.41, 5.74) is 10.7. The maximum atomic E-state index is 13.8. The Kier molecular flexibility index (Phi) is 39.1. The van der Waals surface area contributed by atoms with E-state index in [4.69, 9.17) is 11.5 Å². The van der Waals surface area contributed by atoms with E-state index in [-0.39, 0.29) is 79.7 Å². The quantitative estimate of drug-likeness (QED) is 0.0965. The van der Waals surface area contributed by atoms with Crippen LogP contribution in [0.1, 0.15) is 111 Å². The zero-order valence-electron chi connectivity index (χ0n) is 37.5. The van der Waals surface area contributed by atoms with Crippen LogP contribution in [0.25, 0.3) is 0 Å². The van der Waals surface area contributed by atoms with Gasteiger partial charge in [-0.2, -0.15) is 0 Å². The Labute approximate surface area is 425 Å². The molecule has 1 rings (SSSR count). The number of amides is 12. The van der Waals surface area contributed by atoms with Gasteiger partial charge in [0.15, 0.2) is 0 Å². The van der Waals surface area contributed by atoms with Gasteiger partial charge < -0.3 is 69.7 Å². The molecule has 0 bridgehead atoms. The number of nitrogens with one attached hydrogen (secondary N) is 10. The van der Waals surface area contributed by atoms with Crippen molar-refractivity contribution < 1.29 is 67.4 Å². The van der Waals surface area contributed by atoms with Crippen molar-refractivity contribution in [2.75, 3.05) is 31.1 Å². The summed E-state index contributed by atoms with van der Waals surface area (Å²) in [4.78, 5) is 166. The molecular formula is C43H82N12O14S2. The summed E-state index contributed by atoms with van der Waals surface area (Å²) in [5, 5.41) is 33.2. The molecule has 0 radical (unpaired) electrons. The van der Waals surface area contributed by atoms with Gasteiger partial charge in [0.05, 0.1) is 26.1 Å². The van der Waals surface area contributed by atoms with Gasteiger partial charge in [-0.25, -0.2) is 0 Å². The lowest BCUT2D eigenvalue weighted by Gasteiger charge is -2.27. The highest BCUT2D eigenvalue weighted by molar-refractivity contribution is 8.76. The van der Waals surface area contributed by atoms with Crippen LogP contribution in [0.15, 0.2) is 0 Å². The number of aliphatic carboxylic acids is 1. The fraction of sp³-hybridized carbons (Fsp3) is 0.698. The Morgan fingerprint density at radius 2 is 1.03 bits per heavy atom. The molecule has 0 aliphatic carbocycles. The highest BCUT2D eigenvalue weighted by Crippen LogP contribution is 2.23. The van der Waals surface area contributed by atoms with Crippen molar-refractivity contribution in [2.45, 2.75) is 153 Å². The average Bonchev–Trinajstić information content (AvgIpc) is 3.20. The number of primary amides is 2. The summed E-state index contributed by atoms with van der Waals surface area (Å²) in [5.74, 6) is -13.1. The van der Waals surface area contributed by atoms with Crippen molar-refractivity contribution in [3.63, 3.8) is 0 Å². The molecule has 7 unspecified atom stereocenters. The molecule has 0 aromatic carbocycles. The molecular weight excluding hydrogens is 973 g/mol. The lowest BCUT2D eigenvalue weighted by Crippen LogP contribution is -2.60. The van der Waals surface area contributed by atoms with Crippen LogP contribution in [0.3, 0.4) is 0 Å². The third-order valence-electron chi connectivity index (χ3n) is 8.99. The third-order valence-corrected chi connectivity index (χ3v) is 11.4. The number of hydrogen-bond donors (Lipinski definition) is 13. The fourth-order valence-electron chi connectivity index (χ4n) is 5.74. The van der Waals surface area contributed by atoms with E-state index in [2.05, 4.69) is 53.2 Å². The maximum Gasteiger partial charge on any atom is 0.305 e. The first-order chi connectivity index (χ1) is 30.8. The van der Waals surface area contributed by atoms with Gasteiger partial charge in [-0.3, -0.25) is 62.3 Å². The van der Waals surface area contributed by atoms with Gasteiger partial charge in [0, 0.05) is 24.9 Å². The predicted octanol–water partition coefficient (Wildman–Crippen LogP) is -2.34. The second kappa shape index (κ2) is 37.6. The van der Waals surface area contributed by atoms with Gasteiger partial charge in [0.2, 0.25) is 70.9 Å². The second-order valence-corrected chi connectivity index (χ2v) is 18.5. The molecule has 410 valence electrons. The van der Waals surface area contributed by atoms with Gasteiger partial charge in [-0.05, 0) is 38.0 Å². The molecule has 1 fully saturated rings. The monoisotopic (exact) mass is 1050 g/mol. The van der Waals surface area contributed by atoms with Crippen molar-refractivity contribution in [2.24, 2.45) is 23.3 Å². The molecule has 26 nitrogen and oxygen atoms in total. The van der Waals surface area contributed by atoms with Crippen LogP contribution in [0.4, 0.5) is 0 Å². The molecule has 7 atom stereocenters. The summed E-state index contributed by atoms with van der Waals surface area (Å²) < 4.78 is 0. The number of carboxylic acid groups (broad SMARTS) is 1. The van der Waals surface area contributed by atoms with Gasteiger partial charge in [0.25, 0.3) is 0 Å². The van der Waals surface area contributed by atoms with Crippen LogP contribution in [-0.2, 0) is 62.3 Å². The Hall–Kier alpha value is -6.19. The second-order valence-electron chi connectivity index (χ2n) is 16.0. The van der Waals surface area contributed by atoms with E-state index in [1.54, 1.807) is 27.7 Å². The molecule has 1 aliphatic rings. The van der Waals surface area contributed by atoms with Crippen molar-refractivity contribution in [3.8, 4) is 0 Å². The van der Waals surface area contributed by atoms with Gasteiger partial charge >= 0.3 is 5.97 Å². The summed E-state index contributed by atoms with van der Waals surface area (Å²) in [6.07, 6.45) is -1.87. The number of carboxylic acids is 1. The summed E-state index contributed by atoms with van der Waals surface area (Å²) in [6, 6.07) is -9.96. The Balaban J connectivity index is -0.00000290. The zero-order valence-corrected chi connectivity index (χ0v) is 39.1. The van der Waals surface area contributed by atoms with Crippen molar-refractivity contribution in [1.29, 1.82) is 0 Å². The first-order valence-electron chi connectivity index (χ1n) is 20.7.